The van der Waals surface area contributed by atoms with Crippen LogP contribution in [-0.4, -0.2) is 114 Å². The van der Waals surface area contributed by atoms with Crippen LogP contribution in [0.5, 0.6) is 0 Å². The summed E-state index contributed by atoms with van der Waals surface area (Å²) in [6.45, 7) is 8.35. The molecule has 4 aromatic heterocycles. The number of benzene rings is 2. The molecule has 2 amide bonds. The van der Waals surface area contributed by atoms with E-state index < -0.39 is 50.3 Å². The number of hydrogen-bond donors (Lipinski definition) is 6. The van der Waals surface area contributed by atoms with E-state index in [-0.39, 0.29) is 97.9 Å². The van der Waals surface area contributed by atoms with Gasteiger partial charge in [-0.1, -0.05) is 12.1 Å². The zero-order valence-electron chi connectivity index (χ0n) is 50.5. The Bertz CT molecular complexity index is 3610. The Hall–Kier alpha value is -7.16. The second-order valence-electron chi connectivity index (χ2n) is 22.1. The molecule has 10 rings (SSSR count). The zero-order valence-corrected chi connectivity index (χ0v) is 52.2. The maximum atomic E-state index is 14.1. The van der Waals surface area contributed by atoms with Crippen LogP contribution < -0.4 is 21.3 Å². The first kappa shape index (κ1) is 67.2. The number of halogens is 6. The van der Waals surface area contributed by atoms with Crippen LogP contribution in [0.2, 0.25) is 0 Å². The molecule has 0 atom stereocenters. The van der Waals surface area contributed by atoms with Gasteiger partial charge in [0.2, 0.25) is 11.9 Å². The molecule has 30 heteroatoms. The lowest BCUT2D eigenvalue weighted by Crippen LogP contribution is -2.18. The fourth-order valence-corrected chi connectivity index (χ4v) is 14.8. The molecular weight excluding hydrogens is 1220 g/mol. The Labute approximate surface area is 516 Å². The number of nitrogens with zero attached hydrogens (tertiary/aromatic N) is 8. The first-order valence-electron chi connectivity index (χ1n) is 29.6. The fraction of sp³-hybridized carbons (Fsp3) is 0.467. The highest BCUT2D eigenvalue weighted by atomic mass is 31.2. The summed E-state index contributed by atoms with van der Waals surface area (Å²) >= 11 is 0. The van der Waals surface area contributed by atoms with Gasteiger partial charge < -0.3 is 59.4 Å². The van der Waals surface area contributed by atoms with E-state index in [1.165, 1.54) is 29.4 Å². The highest BCUT2D eigenvalue weighted by molar-refractivity contribution is 7.53. The van der Waals surface area contributed by atoms with Gasteiger partial charge in [-0.25, -0.2) is 9.97 Å². The summed E-state index contributed by atoms with van der Waals surface area (Å²) in [5.74, 6) is -1.44. The number of rotatable bonds is 22. The van der Waals surface area contributed by atoms with E-state index in [1.807, 2.05) is 12.1 Å². The maximum Gasteiger partial charge on any atom is 0.421 e. The van der Waals surface area contributed by atoms with Crippen molar-refractivity contribution in [2.24, 2.45) is 0 Å². The molecule has 2 aliphatic heterocycles. The van der Waals surface area contributed by atoms with Gasteiger partial charge in [0.05, 0.1) is 109 Å². The number of anilines is 8. The summed E-state index contributed by atoms with van der Waals surface area (Å²) in [7, 11) is -3.44. The van der Waals surface area contributed by atoms with E-state index >= 15 is 0 Å². The third-order valence-corrected chi connectivity index (χ3v) is 19.8. The summed E-state index contributed by atoms with van der Waals surface area (Å²) in [6, 6.07) is 13.3. The van der Waals surface area contributed by atoms with Crippen LogP contribution in [0.25, 0.3) is 0 Å². The van der Waals surface area contributed by atoms with Gasteiger partial charge in [-0.05, 0) is 150 Å². The largest absolute Gasteiger partial charge is 0.421 e. The summed E-state index contributed by atoms with van der Waals surface area (Å²) in [4.78, 5) is 54.1. The topological polar surface area (TPSA) is 278 Å². The second-order valence-corrected chi connectivity index (χ2v) is 26.2. The molecule has 2 aliphatic carbocycles. The SMILES string of the molecule is CCOP(=O)(Cc1ccc(Nc2nc(Nc3ccc(C4CCC(O)CC4)c4c3C(=O)N(C)C4)ncc2C(F)(F)F)cn1)OCC.CCOP(=O)(Cc1ccc(Nc2ncc(C(F)(F)F)c(Nc3ccc(C4CCC(O)CC4)c4c3C(=O)N(C)C4)n2)cn1)OCC. The second kappa shape index (κ2) is 28.6. The summed E-state index contributed by atoms with van der Waals surface area (Å²) in [5.41, 5.74) is 4.26. The van der Waals surface area contributed by atoms with Crippen molar-refractivity contribution >= 4 is 73.3 Å². The molecule has 0 radical (unpaired) electrons. The van der Waals surface area contributed by atoms with E-state index in [9.17, 15) is 55.3 Å². The van der Waals surface area contributed by atoms with Gasteiger partial charge in [0.25, 0.3) is 11.8 Å². The Morgan fingerprint density at radius 1 is 0.511 bits per heavy atom. The smallest absolute Gasteiger partial charge is 0.393 e. The molecule has 484 valence electrons. The van der Waals surface area contributed by atoms with Crippen LogP contribution in [0.15, 0.2) is 73.3 Å². The minimum absolute atomic E-state index is 0.0421. The van der Waals surface area contributed by atoms with Gasteiger partial charge >= 0.3 is 27.5 Å². The molecule has 0 bridgehead atoms. The van der Waals surface area contributed by atoms with Crippen LogP contribution in [0.3, 0.4) is 0 Å². The lowest BCUT2D eigenvalue weighted by Gasteiger charge is -2.27. The molecule has 2 aromatic carbocycles. The van der Waals surface area contributed by atoms with Crippen molar-refractivity contribution in [2.75, 3.05) is 61.8 Å². The highest BCUT2D eigenvalue weighted by Crippen LogP contribution is 2.52. The quantitative estimate of drug-likeness (QED) is 0.0272. The van der Waals surface area contributed by atoms with Crippen molar-refractivity contribution in [3.8, 4) is 0 Å². The minimum atomic E-state index is -4.77. The van der Waals surface area contributed by atoms with Gasteiger partial charge in [0.15, 0.2) is 0 Å². The number of alkyl halides is 6. The normalized spacial score (nSPS) is 18.6. The molecule has 6 heterocycles. The zero-order chi connectivity index (χ0) is 64.7. The molecule has 0 unspecified atom stereocenters. The van der Waals surface area contributed by atoms with E-state index in [0.29, 0.717) is 85.1 Å². The monoisotopic (exact) mass is 1300 g/mol. The molecule has 6 aromatic rings. The number of carbonyl (C=O) groups is 2. The van der Waals surface area contributed by atoms with Crippen LogP contribution >= 0.6 is 15.2 Å². The Kier molecular flexibility index (Phi) is 21.3. The van der Waals surface area contributed by atoms with Crippen molar-refractivity contribution < 1.29 is 73.4 Å². The van der Waals surface area contributed by atoms with Gasteiger partial charge in [-0.3, -0.25) is 28.7 Å². The summed E-state index contributed by atoms with van der Waals surface area (Å²) in [5, 5.41) is 31.2. The number of aliphatic hydroxyl groups excluding tert-OH is 2. The van der Waals surface area contributed by atoms with Crippen molar-refractivity contribution in [3.05, 3.63) is 129 Å². The number of aliphatic hydroxyl groups is 2. The van der Waals surface area contributed by atoms with Gasteiger partial charge in [0.1, 0.15) is 22.8 Å². The van der Waals surface area contributed by atoms with Gasteiger partial charge in [-0.2, -0.15) is 36.3 Å². The number of fused-ring (bicyclic) bond motifs is 2. The van der Waals surface area contributed by atoms with Crippen molar-refractivity contribution in [1.29, 1.82) is 0 Å². The third-order valence-electron chi connectivity index (χ3n) is 15.8. The van der Waals surface area contributed by atoms with Crippen LogP contribution in [0.1, 0.15) is 156 Å². The van der Waals surface area contributed by atoms with Gasteiger partial charge in [0, 0.05) is 39.6 Å². The lowest BCUT2D eigenvalue weighted by molar-refractivity contribution is -0.138. The van der Waals surface area contributed by atoms with Crippen molar-refractivity contribution in [3.63, 3.8) is 0 Å². The average Bonchev–Trinajstić information content (AvgIpc) is 1.57. The third kappa shape index (κ3) is 16.1. The van der Waals surface area contributed by atoms with Crippen LogP contribution in [0.4, 0.5) is 72.6 Å². The highest BCUT2D eigenvalue weighted by Gasteiger charge is 2.40. The number of amides is 2. The Morgan fingerprint density at radius 3 is 1.27 bits per heavy atom. The number of aromatic nitrogens is 6. The molecular formula is C60H72F6N12O10P2. The average molecular weight is 1300 g/mol. The standard InChI is InChI=1S/2C30H36F3N6O5P/c1-4-43-45(42,44-5-2)17-20-9-8-19(14-34-20)36-29-35-15-24(30(31,32)33)27(38-29)37-25-13-12-22(18-6-10-21(40)11-7-18)23-16-39(3)28(41)26(23)25;1-4-43-45(42,44-5-2)17-20-9-8-19(14-34-20)36-27-24(30(31,32)33)15-35-29(38-27)37-25-13-12-22(18-6-10-21(40)11-7-18)23-16-39(3)28(41)26(23)25/h2*8-9,12-15,18,21,40H,4-7,10-11,16-17H2,1-3H3,(H2,35,36,37,38). The summed E-state index contributed by atoms with van der Waals surface area (Å²) < 4.78 is 131. The Morgan fingerprint density at radius 2 is 0.889 bits per heavy atom. The molecule has 0 saturated heterocycles. The molecule has 22 nitrogen and oxygen atoms in total. The van der Waals surface area contributed by atoms with E-state index in [2.05, 4.69) is 51.2 Å². The first-order valence-corrected chi connectivity index (χ1v) is 33.1. The van der Waals surface area contributed by atoms with E-state index in [1.54, 1.807) is 71.0 Å². The number of nitrogens with one attached hydrogen (secondary N) is 4. The van der Waals surface area contributed by atoms with Crippen molar-refractivity contribution in [1.82, 2.24) is 39.7 Å². The lowest BCUT2D eigenvalue weighted by atomic mass is 9.80. The predicted octanol–water partition coefficient (Wildman–Crippen LogP) is 13.5. The molecule has 90 heavy (non-hydrogen) atoms. The summed E-state index contributed by atoms with van der Waals surface area (Å²) in [6.07, 6.45) is -0.385. The van der Waals surface area contributed by atoms with Crippen LogP contribution in [-0.2, 0) is 65.0 Å². The Balaban J connectivity index is 0.000000213. The van der Waals surface area contributed by atoms with Crippen molar-refractivity contribution in [2.45, 2.75) is 141 Å². The number of hydrogen-bond acceptors (Lipinski definition) is 20. The minimum Gasteiger partial charge on any atom is -0.393 e. The van der Waals surface area contributed by atoms with Gasteiger partial charge in [-0.15, -0.1) is 0 Å². The van der Waals surface area contributed by atoms with Crippen LogP contribution in [0, 0.1) is 0 Å². The van der Waals surface area contributed by atoms with E-state index in [4.69, 9.17) is 18.1 Å². The molecule has 6 N–H and O–H groups in total. The number of carbonyl (C=O) groups excluding carboxylic acids is 2. The molecule has 0 spiro atoms. The molecule has 2 fully saturated rings. The molecule has 2 saturated carbocycles. The molecule has 4 aliphatic rings. The maximum absolute atomic E-state index is 14.1. The number of pyridine rings is 2. The first-order chi connectivity index (χ1) is 42.8. The fourth-order valence-electron chi connectivity index (χ4n) is 11.5. The predicted molar refractivity (Wildman–Crippen MR) is 324 cm³/mol. The van der Waals surface area contributed by atoms with E-state index in [0.717, 1.165) is 47.9 Å².